The van der Waals surface area contributed by atoms with Crippen molar-refractivity contribution in [1.82, 2.24) is 0 Å². The van der Waals surface area contributed by atoms with Gasteiger partial charge in [0.25, 0.3) is 0 Å². The second-order valence-corrected chi connectivity index (χ2v) is 9.02. The minimum atomic E-state index is -1.06. The fraction of sp³-hybridized carbons (Fsp3) is 0.259. The third-order valence-electron chi connectivity index (χ3n) is 5.72. The predicted octanol–water partition coefficient (Wildman–Crippen LogP) is 6.30. The van der Waals surface area contributed by atoms with Gasteiger partial charge < -0.3 is 0 Å². The molecule has 158 valence electrons. The molecule has 0 radical (unpaired) electrons. The van der Waals surface area contributed by atoms with E-state index >= 15 is 0 Å². The third-order valence-corrected chi connectivity index (χ3v) is 6.32. The zero-order chi connectivity index (χ0) is 22.9. The van der Waals surface area contributed by atoms with Crippen molar-refractivity contribution in [3.63, 3.8) is 0 Å². The van der Waals surface area contributed by atoms with E-state index in [1.165, 1.54) is 0 Å². The van der Waals surface area contributed by atoms with E-state index in [2.05, 4.69) is 0 Å². The number of hydrogen-bond acceptors (Lipinski definition) is 3. The predicted molar refractivity (Wildman–Crippen MR) is 126 cm³/mol. The van der Waals surface area contributed by atoms with E-state index in [0.717, 1.165) is 33.4 Å². The Balaban J connectivity index is 2.28. The summed E-state index contributed by atoms with van der Waals surface area (Å²) in [5.74, 6) is -1.57. The van der Waals surface area contributed by atoms with Gasteiger partial charge in [0.1, 0.15) is 5.92 Å². The molecule has 3 nitrogen and oxygen atoms in total. The molecule has 3 aromatic carbocycles. The number of ketones is 2. The van der Waals surface area contributed by atoms with E-state index < -0.39 is 5.92 Å². The maximum Gasteiger partial charge on any atom is 0.192 e. The minimum Gasteiger partial charge on any atom is -0.293 e. The smallest absolute Gasteiger partial charge is 0.192 e. The lowest BCUT2D eigenvalue weighted by Crippen LogP contribution is -2.28. The van der Waals surface area contributed by atoms with Crippen LogP contribution in [0.1, 0.15) is 65.6 Å². The number of carbonyl (C=O) groups excluding carboxylic acids is 2. The van der Waals surface area contributed by atoms with Crippen LogP contribution in [0.5, 0.6) is 0 Å². The van der Waals surface area contributed by atoms with Crippen LogP contribution >= 0.6 is 8.46 Å². The van der Waals surface area contributed by atoms with Gasteiger partial charge in [0.15, 0.2) is 20.0 Å². The number of rotatable bonds is 6. The summed E-state index contributed by atoms with van der Waals surface area (Å²) in [6.07, 6.45) is 0. The van der Waals surface area contributed by atoms with E-state index in [4.69, 9.17) is 0 Å². The van der Waals surface area contributed by atoms with Crippen molar-refractivity contribution < 1.29 is 14.2 Å². The van der Waals surface area contributed by atoms with Crippen molar-refractivity contribution in [1.29, 1.82) is 0 Å². The first-order valence-electron chi connectivity index (χ1n) is 10.3. The molecule has 0 spiro atoms. The molecule has 0 aliphatic rings. The van der Waals surface area contributed by atoms with Crippen LogP contribution in [0.4, 0.5) is 0 Å². The topological polar surface area (TPSA) is 51.2 Å². The van der Waals surface area contributed by atoms with Crippen molar-refractivity contribution >= 4 is 25.3 Å². The molecule has 3 aromatic rings. The molecule has 0 unspecified atom stereocenters. The molecule has 0 aliphatic heterocycles. The van der Waals surface area contributed by atoms with Crippen molar-refractivity contribution in [3.8, 4) is 0 Å². The lowest BCUT2D eigenvalue weighted by Gasteiger charge is -2.21. The molecular formula is C27H27O3P. The van der Waals surface area contributed by atoms with Gasteiger partial charge in [-0.15, -0.1) is 0 Å². The van der Waals surface area contributed by atoms with Crippen molar-refractivity contribution in [2.45, 2.75) is 47.5 Å². The molecule has 0 atom stereocenters. The SMILES string of the molecule is Cc1cc(C)c(C(=O)C(C(=O)c2c(C)cc(C)cc2C)c2ccccc2P=O)c(C)c1. The Morgan fingerprint density at radius 1 is 0.677 bits per heavy atom. The first-order chi connectivity index (χ1) is 14.6. The minimum absolute atomic E-state index is 0.215. The Kier molecular flexibility index (Phi) is 6.67. The van der Waals surface area contributed by atoms with Crippen LogP contribution in [0, 0.1) is 41.5 Å². The summed E-state index contributed by atoms with van der Waals surface area (Å²) in [5, 5.41) is 0.457. The highest BCUT2D eigenvalue weighted by Gasteiger charge is 2.35. The van der Waals surface area contributed by atoms with Gasteiger partial charge in [0, 0.05) is 16.4 Å². The van der Waals surface area contributed by atoms with Gasteiger partial charge in [-0.1, -0.05) is 53.6 Å². The summed E-state index contributed by atoms with van der Waals surface area (Å²) in [4.78, 5) is 27.9. The largest absolute Gasteiger partial charge is 0.293 e. The van der Waals surface area contributed by atoms with Gasteiger partial charge in [-0.2, -0.15) is 0 Å². The monoisotopic (exact) mass is 430 g/mol. The van der Waals surface area contributed by atoms with E-state index in [9.17, 15) is 14.2 Å². The molecule has 0 heterocycles. The molecule has 0 amide bonds. The maximum absolute atomic E-state index is 13.9. The Labute approximate surface area is 185 Å². The molecule has 4 heteroatoms. The first-order valence-corrected chi connectivity index (χ1v) is 11.1. The zero-order valence-corrected chi connectivity index (χ0v) is 19.8. The number of hydrogen-bond donors (Lipinski definition) is 0. The lowest BCUT2D eigenvalue weighted by molar-refractivity contribution is 0.0859. The molecule has 31 heavy (non-hydrogen) atoms. The van der Waals surface area contributed by atoms with E-state index in [0.29, 0.717) is 22.0 Å². The Hall–Kier alpha value is -2.90. The average molecular weight is 430 g/mol. The number of aryl methyl sites for hydroxylation is 6. The highest BCUT2D eigenvalue weighted by Crippen LogP contribution is 2.31. The second-order valence-electron chi connectivity index (χ2n) is 8.36. The van der Waals surface area contributed by atoms with Crippen LogP contribution < -0.4 is 5.30 Å². The van der Waals surface area contributed by atoms with Crippen LogP contribution in [0.2, 0.25) is 0 Å². The molecule has 3 rings (SSSR count). The normalized spacial score (nSPS) is 11.2. The van der Waals surface area contributed by atoms with Gasteiger partial charge in [-0.3, -0.25) is 14.2 Å². The van der Waals surface area contributed by atoms with Crippen LogP contribution in [-0.2, 0) is 4.57 Å². The van der Waals surface area contributed by atoms with Crippen molar-refractivity contribution in [3.05, 3.63) is 98.6 Å². The number of carbonyl (C=O) groups is 2. The van der Waals surface area contributed by atoms with Gasteiger partial charge in [0.05, 0.1) is 0 Å². The van der Waals surface area contributed by atoms with Gasteiger partial charge >= 0.3 is 0 Å². The summed E-state index contributed by atoms with van der Waals surface area (Å²) in [7, 11) is -0.215. The number of Topliss-reactive ketones (excluding diaryl/α,β-unsaturated/α-hetero) is 2. The summed E-state index contributed by atoms with van der Waals surface area (Å²) < 4.78 is 11.9. The van der Waals surface area contributed by atoms with Crippen LogP contribution in [0.3, 0.4) is 0 Å². The summed E-state index contributed by atoms with van der Waals surface area (Å²) >= 11 is 0. The van der Waals surface area contributed by atoms with Gasteiger partial charge in [-0.05, 0) is 75.4 Å². The summed E-state index contributed by atoms with van der Waals surface area (Å²) in [6.45, 7) is 11.6. The fourth-order valence-corrected chi connectivity index (χ4v) is 5.10. The second kappa shape index (κ2) is 9.08. The molecule has 0 N–H and O–H groups in total. The Bertz CT molecular complexity index is 1090. The quantitative estimate of drug-likeness (QED) is 0.262. The van der Waals surface area contributed by atoms with Crippen LogP contribution in [0.15, 0.2) is 48.5 Å². The van der Waals surface area contributed by atoms with E-state index in [1.807, 2.05) is 65.8 Å². The zero-order valence-electron chi connectivity index (χ0n) is 18.9. The van der Waals surface area contributed by atoms with Gasteiger partial charge in [-0.25, -0.2) is 0 Å². The fourth-order valence-electron chi connectivity index (χ4n) is 4.64. The van der Waals surface area contributed by atoms with Crippen molar-refractivity contribution in [2.24, 2.45) is 0 Å². The molecule has 0 aromatic heterocycles. The standard InChI is InChI=1S/C27H27O3P/c1-15-11-17(3)23(18(4)12-15)26(28)25(21-9-7-8-10-22(21)31-30)27(29)24-19(5)13-16(2)14-20(24)6/h7-14,25H,1-6H3. The first kappa shape index (κ1) is 22.8. The summed E-state index contributed by atoms with van der Waals surface area (Å²) in [6, 6.07) is 14.8. The average Bonchev–Trinajstić information content (AvgIpc) is 2.67. The van der Waals surface area contributed by atoms with E-state index in [-0.39, 0.29) is 20.0 Å². The van der Waals surface area contributed by atoms with E-state index in [1.54, 1.807) is 24.3 Å². The highest BCUT2D eigenvalue weighted by atomic mass is 31.1. The maximum atomic E-state index is 13.9. The molecule has 0 saturated carbocycles. The van der Waals surface area contributed by atoms with Crippen LogP contribution in [-0.4, -0.2) is 11.6 Å². The van der Waals surface area contributed by atoms with Crippen molar-refractivity contribution in [2.75, 3.05) is 0 Å². The van der Waals surface area contributed by atoms with Crippen LogP contribution in [0.25, 0.3) is 0 Å². The summed E-state index contributed by atoms with van der Waals surface area (Å²) in [5.41, 5.74) is 7.12. The molecule has 0 saturated heterocycles. The van der Waals surface area contributed by atoms with Gasteiger partial charge in [0.2, 0.25) is 0 Å². The molecule has 0 bridgehead atoms. The third kappa shape index (κ3) is 4.43. The molecular weight excluding hydrogens is 403 g/mol. The Morgan fingerprint density at radius 3 is 1.45 bits per heavy atom. The Morgan fingerprint density at radius 2 is 1.06 bits per heavy atom. The number of benzene rings is 3. The molecule has 0 fully saturated rings. The molecule has 0 aliphatic carbocycles. The lowest BCUT2D eigenvalue weighted by atomic mass is 9.80. The highest BCUT2D eigenvalue weighted by molar-refractivity contribution is 7.34.